The minimum atomic E-state index is -0.535. The third-order valence-corrected chi connectivity index (χ3v) is 2.66. The second kappa shape index (κ2) is 6.60. The number of nitrogens with one attached hydrogen (secondary N) is 1. The number of methoxy groups -OCH3 is 1. The second-order valence-corrected chi connectivity index (χ2v) is 4.15. The minimum absolute atomic E-state index is 0.00484. The number of phenolic OH excluding ortho intramolecular Hbond substituents is 1. The average molecular weight is 291 g/mol. The van der Waals surface area contributed by atoms with Crippen molar-refractivity contribution in [2.75, 3.05) is 19.0 Å². The Morgan fingerprint density at radius 1 is 1.24 bits per heavy atom. The molecule has 0 heterocycles. The molecule has 2 rings (SSSR count). The van der Waals surface area contributed by atoms with E-state index >= 15 is 0 Å². The van der Waals surface area contributed by atoms with E-state index in [-0.39, 0.29) is 18.1 Å². The van der Waals surface area contributed by atoms with E-state index in [0.717, 1.165) is 0 Å². The van der Waals surface area contributed by atoms with E-state index in [9.17, 15) is 14.3 Å². The van der Waals surface area contributed by atoms with Crippen molar-refractivity contribution < 1.29 is 23.8 Å². The van der Waals surface area contributed by atoms with Gasteiger partial charge in [0.2, 0.25) is 0 Å². The fourth-order valence-corrected chi connectivity index (χ4v) is 1.67. The van der Waals surface area contributed by atoms with Crippen LogP contribution in [0.3, 0.4) is 0 Å². The number of amides is 1. The summed E-state index contributed by atoms with van der Waals surface area (Å²) in [6.45, 7) is -0.340. The predicted molar refractivity (Wildman–Crippen MR) is 75.2 cm³/mol. The first-order chi connectivity index (χ1) is 10.1. The van der Waals surface area contributed by atoms with Crippen LogP contribution in [0.1, 0.15) is 0 Å². The molecule has 0 unspecified atom stereocenters. The van der Waals surface area contributed by atoms with Crippen LogP contribution in [0.15, 0.2) is 42.5 Å². The van der Waals surface area contributed by atoms with Crippen molar-refractivity contribution in [2.45, 2.75) is 0 Å². The van der Waals surface area contributed by atoms with Crippen LogP contribution in [0.5, 0.6) is 17.2 Å². The molecule has 0 aromatic heterocycles. The number of carbonyl (C=O) groups excluding carboxylic acids is 1. The summed E-state index contributed by atoms with van der Waals surface area (Å²) < 4.78 is 23.3. The van der Waals surface area contributed by atoms with E-state index < -0.39 is 11.7 Å². The molecule has 2 N–H and O–H groups in total. The van der Waals surface area contributed by atoms with Gasteiger partial charge in [0.15, 0.2) is 29.7 Å². The highest BCUT2D eigenvalue weighted by Gasteiger charge is 2.08. The quantitative estimate of drug-likeness (QED) is 0.888. The summed E-state index contributed by atoms with van der Waals surface area (Å²) >= 11 is 0. The third-order valence-electron chi connectivity index (χ3n) is 2.66. The molecule has 0 aliphatic rings. The van der Waals surface area contributed by atoms with Crippen molar-refractivity contribution in [3.8, 4) is 17.2 Å². The molecule has 0 aliphatic carbocycles. The number of ether oxygens (including phenoxy) is 2. The number of aromatic hydroxyl groups is 1. The van der Waals surface area contributed by atoms with Gasteiger partial charge in [0, 0.05) is 11.8 Å². The average Bonchev–Trinajstić information content (AvgIpc) is 2.46. The maximum atomic E-state index is 13.3. The highest BCUT2D eigenvalue weighted by molar-refractivity contribution is 5.92. The van der Waals surface area contributed by atoms with Gasteiger partial charge in [-0.05, 0) is 24.3 Å². The monoisotopic (exact) mass is 291 g/mol. The van der Waals surface area contributed by atoms with Gasteiger partial charge < -0.3 is 19.9 Å². The molecule has 1 amide bonds. The van der Waals surface area contributed by atoms with Gasteiger partial charge in [-0.3, -0.25) is 4.79 Å². The number of anilines is 1. The number of benzene rings is 2. The van der Waals surface area contributed by atoms with Gasteiger partial charge >= 0.3 is 0 Å². The highest BCUT2D eigenvalue weighted by atomic mass is 19.1. The molecule has 0 aliphatic heterocycles. The predicted octanol–water partition coefficient (Wildman–Crippen LogP) is 2.56. The molecule has 0 atom stereocenters. The summed E-state index contributed by atoms with van der Waals surface area (Å²) in [5, 5.41) is 12.1. The van der Waals surface area contributed by atoms with Gasteiger partial charge in [0.1, 0.15) is 0 Å². The molecule has 0 saturated heterocycles. The summed E-state index contributed by atoms with van der Waals surface area (Å²) in [4.78, 5) is 11.7. The first-order valence-corrected chi connectivity index (χ1v) is 6.14. The maximum Gasteiger partial charge on any atom is 0.262 e. The maximum absolute atomic E-state index is 13.3. The van der Waals surface area contributed by atoms with E-state index in [4.69, 9.17) is 9.47 Å². The van der Waals surface area contributed by atoms with Gasteiger partial charge in [-0.2, -0.15) is 0 Å². The summed E-state index contributed by atoms with van der Waals surface area (Å²) in [6.07, 6.45) is 0. The molecule has 110 valence electrons. The van der Waals surface area contributed by atoms with E-state index in [1.54, 1.807) is 12.1 Å². The van der Waals surface area contributed by atoms with Gasteiger partial charge in [-0.15, -0.1) is 0 Å². The third kappa shape index (κ3) is 3.85. The normalized spacial score (nSPS) is 10.0. The van der Waals surface area contributed by atoms with Crippen LogP contribution in [-0.4, -0.2) is 24.7 Å². The lowest BCUT2D eigenvalue weighted by Crippen LogP contribution is -2.20. The molecule has 0 bridgehead atoms. The summed E-state index contributed by atoms with van der Waals surface area (Å²) in [7, 11) is 1.43. The topological polar surface area (TPSA) is 67.8 Å². The van der Waals surface area contributed by atoms with Gasteiger partial charge in [0.05, 0.1) is 7.11 Å². The molecular weight excluding hydrogens is 277 g/mol. The van der Waals surface area contributed by atoms with Crippen LogP contribution in [0.2, 0.25) is 0 Å². The van der Waals surface area contributed by atoms with Crippen molar-refractivity contribution in [1.82, 2.24) is 0 Å². The van der Waals surface area contributed by atoms with Crippen molar-refractivity contribution >= 4 is 11.6 Å². The molecule has 2 aromatic carbocycles. The Labute approximate surface area is 120 Å². The van der Waals surface area contributed by atoms with E-state index in [2.05, 4.69) is 5.32 Å². The number of rotatable bonds is 5. The molecule has 6 heteroatoms. The Bertz CT molecular complexity index is 645. The van der Waals surface area contributed by atoms with Gasteiger partial charge in [-0.1, -0.05) is 12.1 Å². The molecule has 21 heavy (non-hydrogen) atoms. The number of hydrogen-bond acceptors (Lipinski definition) is 4. The number of hydrogen-bond donors (Lipinski definition) is 2. The van der Waals surface area contributed by atoms with Gasteiger partial charge in [-0.25, -0.2) is 4.39 Å². The van der Waals surface area contributed by atoms with Crippen LogP contribution in [0, 0.1) is 5.82 Å². The summed E-state index contributed by atoms with van der Waals surface area (Å²) in [5.41, 5.74) is 0.385. The number of phenols is 1. The molecule has 0 saturated carbocycles. The Balaban J connectivity index is 1.93. The van der Waals surface area contributed by atoms with Crippen LogP contribution < -0.4 is 14.8 Å². The molecular formula is C15H14FNO4. The zero-order chi connectivity index (χ0) is 15.2. The van der Waals surface area contributed by atoms with Crippen LogP contribution in [0.25, 0.3) is 0 Å². The Kier molecular flexibility index (Phi) is 4.61. The Morgan fingerprint density at radius 3 is 2.67 bits per heavy atom. The fraction of sp³-hybridized carbons (Fsp3) is 0.133. The minimum Gasteiger partial charge on any atom is -0.504 e. The molecule has 5 nitrogen and oxygen atoms in total. The van der Waals surface area contributed by atoms with E-state index in [0.29, 0.717) is 11.4 Å². The first-order valence-electron chi connectivity index (χ1n) is 6.14. The lowest BCUT2D eigenvalue weighted by Gasteiger charge is -2.09. The molecule has 0 fully saturated rings. The SMILES string of the molecule is COc1ccc(NC(=O)COc2ccccc2F)cc1O. The lowest BCUT2D eigenvalue weighted by atomic mass is 10.2. The van der Waals surface area contributed by atoms with Crippen molar-refractivity contribution in [2.24, 2.45) is 0 Å². The standard InChI is InChI=1S/C15H14FNO4/c1-20-14-7-6-10(8-12(14)18)17-15(19)9-21-13-5-3-2-4-11(13)16/h2-8,18H,9H2,1H3,(H,17,19). The number of para-hydroxylation sites is 1. The first kappa shape index (κ1) is 14.6. The van der Waals surface area contributed by atoms with E-state index in [1.807, 2.05) is 0 Å². The zero-order valence-electron chi connectivity index (χ0n) is 11.3. The second-order valence-electron chi connectivity index (χ2n) is 4.15. The van der Waals surface area contributed by atoms with Crippen molar-refractivity contribution in [1.29, 1.82) is 0 Å². The largest absolute Gasteiger partial charge is 0.504 e. The summed E-state index contributed by atoms with van der Waals surface area (Å²) in [6, 6.07) is 10.2. The molecule has 0 radical (unpaired) electrons. The van der Waals surface area contributed by atoms with Crippen LogP contribution in [0.4, 0.5) is 10.1 Å². The van der Waals surface area contributed by atoms with Crippen molar-refractivity contribution in [3.63, 3.8) is 0 Å². The Morgan fingerprint density at radius 2 is 2.00 bits per heavy atom. The fourth-order valence-electron chi connectivity index (χ4n) is 1.67. The van der Waals surface area contributed by atoms with Crippen LogP contribution in [-0.2, 0) is 4.79 Å². The smallest absolute Gasteiger partial charge is 0.262 e. The molecule has 2 aromatic rings. The number of carbonyl (C=O) groups is 1. The highest BCUT2D eigenvalue weighted by Crippen LogP contribution is 2.28. The van der Waals surface area contributed by atoms with Gasteiger partial charge in [0.25, 0.3) is 5.91 Å². The van der Waals surface area contributed by atoms with Crippen LogP contribution >= 0.6 is 0 Å². The van der Waals surface area contributed by atoms with Crippen molar-refractivity contribution in [3.05, 3.63) is 48.3 Å². The zero-order valence-corrected chi connectivity index (χ0v) is 11.3. The molecule has 0 spiro atoms. The Hall–Kier alpha value is -2.76. The lowest BCUT2D eigenvalue weighted by molar-refractivity contribution is -0.118. The number of halogens is 1. The summed E-state index contributed by atoms with van der Waals surface area (Å²) in [5.74, 6) is -0.790. The van der Waals surface area contributed by atoms with E-state index in [1.165, 1.54) is 37.4 Å².